The molecule has 0 aliphatic rings. The third-order valence-corrected chi connectivity index (χ3v) is 2.69. The van der Waals surface area contributed by atoms with Crippen molar-refractivity contribution in [3.8, 4) is 5.75 Å². The molecular weight excluding hydrogens is 224 g/mol. The minimum absolute atomic E-state index is 0.0287. The zero-order valence-corrected chi connectivity index (χ0v) is 10.3. The molecule has 0 spiro atoms. The van der Waals surface area contributed by atoms with Gasteiger partial charge in [-0.05, 0) is 49.6 Å². The lowest BCUT2D eigenvalue weighted by atomic mass is 10.0. The van der Waals surface area contributed by atoms with E-state index in [2.05, 4.69) is 0 Å². The molecule has 1 rings (SSSR count). The molecule has 2 N–H and O–H groups in total. The fourth-order valence-corrected chi connectivity index (χ4v) is 1.71. The molecular formula is C13H19F2NO. The van der Waals surface area contributed by atoms with E-state index in [0.717, 1.165) is 25.3 Å². The van der Waals surface area contributed by atoms with Gasteiger partial charge in [-0.3, -0.25) is 0 Å². The van der Waals surface area contributed by atoms with Crippen LogP contribution in [0.25, 0.3) is 0 Å². The molecule has 0 fully saturated rings. The van der Waals surface area contributed by atoms with Gasteiger partial charge in [0.15, 0.2) is 0 Å². The van der Waals surface area contributed by atoms with Crippen molar-refractivity contribution >= 4 is 0 Å². The molecule has 0 saturated carbocycles. The Labute approximate surface area is 101 Å². The number of ether oxygens (including phenoxy) is 1. The number of hydrogen-bond acceptors (Lipinski definition) is 2. The molecule has 96 valence electrons. The van der Waals surface area contributed by atoms with Crippen molar-refractivity contribution < 1.29 is 13.5 Å². The summed E-state index contributed by atoms with van der Waals surface area (Å²) in [6, 6.07) is 4.53. The van der Waals surface area contributed by atoms with Crippen LogP contribution in [0.15, 0.2) is 18.2 Å². The number of methoxy groups -OCH3 is 1. The first-order valence-electron chi connectivity index (χ1n) is 5.74. The standard InChI is InChI=1S/C13H19F2NO/c1-13(14,15)11-6-7-12(17-2)10(9-11)5-3-4-8-16/h6-7,9H,3-5,8,16H2,1-2H3. The molecule has 0 amide bonds. The van der Waals surface area contributed by atoms with Gasteiger partial charge < -0.3 is 10.5 Å². The second-order valence-electron chi connectivity index (χ2n) is 4.16. The summed E-state index contributed by atoms with van der Waals surface area (Å²) in [7, 11) is 1.55. The van der Waals surface area contributed by atoms with Gasteiger partial charge in [-0.2, -0.15) is 0 Å². The number of hydrogen-bond donors (Lipinski definition) is 1. The highest BCUT2D eigenvalue weighted by Gasteiger charge is 2.25. The fraction of sp³-hybridized carbons (Fsp3) is 0.538. The van der Waals surface area contributed by atoms with Crippen LogP contribution < -0.4 is 10.5 Å². The van der Waals surface area contributed by atoms with Crippen LogP contribution in [-0.4, -0.2) is 13.7 Å². The Morgan fingerprint density at radius 3 is 2.53 bits per heavy atom. The smallest absolute Gasteiger partial charge is 0.270 e. The van der Waals surface area contributed by atoms with E-state index < -0.39 is 5.92 Å². The molecule has 2 nitrogen and oxygen atoms in total. The van der Waals surface area contributed by atoms with Crippen molar-refractivity contribution in [1.82, 2.24) is 0 Å². The van der Waals surface area contributed by atoms with Gasteiger partial charge in [-0.1, -0.05) is 0 Å². The van der Waals surface area contributed by atoms with Crippen molar-refractivity contribution in [2.75, 3.05) is 13.7 Å². The topological polar surface area (TPSA) is 35.2 Å². The quantitative estimate of drug-likeness (QED) is 0.779. The highest BCUT2D eigenvalue weighted by molar-refractivity contribution is 5.38. The van der Waals surface area contributed by atoms with E-state index in [4.69, 9.17) is 10.5 Å². The molecule has 17 heavy (non-hydrogen) atoms. The molecule has 0 heterocycles. The van der Waals surface area contributed by atoms with Gasteiger partial charge in [0, 0.05) is 12.5 Å². The minimum Gasteiger partial charge on any atom is -0.496 e. The first-order chi connectivity index (χ1) is 7.99. The number of halogens is 2. The molecule has 0 bridgehead atoms. The summed E-state index contributed by atoms with van der Waals surface area (Å²) in [4.78, 5) is 0. The van der Waals surface area contributed by atoms with Crippen molar-refractivity contribution in [2.24, 2.45) is 5.73 Å². The van der Waals surface area contributed by atoms with Crippen molar-refractivity contribution in [3.05, 3.63) is 29.3 Å². The fourth-order valence-electron chi connectivity index (χ4n) is 1.71. The predicted octanol–water partition coefficient (Wildman–Crippen LogP) is 3.09. The first kappa shape index (κ1) is 13.9. The number of aryl methyl sites for hydroxylation is 1. The number of rotatable bonds is 6. The van der Waals surface area contributed by atoms with Crippen LogP contribution >= 0.6 is 0 Å². The summed E-state index contributed by atoms with van der Waals surface area (Å²) in [5.74, 6) is -2.15. The van der Waals surface area contributed by atoms with Crippen LogP contribution in [0.3, 0.4) is 0 Å². The van der Waals surface area contributed by atoms with Crippen LogP contribution in [0.5, 0.6) is 5.75 Å². The van der Waals surface area contributed by atoms with Gasteiger partial charge in [-0.15, -0.1) is 0 Å². The van der Waals surface area contributed by atoms with Crippen LogP contribution in [-0.2, 0) is 12.3 Å². The molecule has 0 unspecified atom stereocenters. The van der Waals surface area contributed by atoms with Crippen molar-refractivity contribution in [3.63, 3.8) is 0 Å². The number of nitrogens with two attached hydrogens (primary N) is 1. The highest BCUT2D eigenvalue weighted by Crippen LogP contribution is 2.31. The van der Waals surface area contributed by atoms with E-state index in [1.807, 2.05) is 0 Å². The Morgan fingerprint density at radius 2 is 2.00 bits per heavy atom. The summed E-state index contributed by atoms with van der Waals surface area (Å²) in [5, 5.41) is 0. The molecule has 0 aliphatic heterocycles. The average molecular weight is 243 g/mol. The van der Waals surface area contributed by atoms with Crippen LogP contribution in [0.4, 0.5) is 8.78 Å². The normalized spacial score (nSPS) is 11.6. The maximum atomic E-state index is 13.2. The molecule has 0 aliphatic carbocycles. The minimum atomic E-state index is -2.81. The Hall–Kier alpha value is -1.16. The third kappa shape index (κ3) is 3.97. The second-order valence-corrected chi connectivity index (χ2v) is 4.16. The number of alkyl halides is 2. The van der Waals surface area contributed by atoms with Gasteiger partial charge in [0.25, 0.3) is 5.92 Å². The molecule has 0 radical (unpaired) electrons. The summed E-state index contributed by atoms with van der Waals surface area (Å²) in [5.41, 5.74) is 6.26. The van der Waals surface area contributed by atoms with Crippen LogP contribution in [0.2, 0.25) is 0 Å². The highest BCUT2D eigenvalue weighted by atomic mass is 19.3. The Bertz CT molecular complexity index is 361. The zero-order chi connectivity index (χ0) is 12.9. The largest absolute Gasteiger partial charge is 0.496 e. The number of unbranched alkanes of at least 4 members (excludes halogenated alkanes) is 1. The van der Waals surface area contributed by atoms with Crippen LogP contribution in [0, 0.1) is 0 Å². The lowest BCUT2D eigenvalue weighted by molar-refractivity contribution is 0.0173. The van der Waals surface area contributed by atoms with Crippen LogP contribution in [0.1, 0.15) is 30.9 Å². The van der Waals surface area contributed by atoms with E-state index in [0.29, 0.717) is 18.7 Å². The van der Waals surface area contributed by atoms with Gasteiger partial charge in [-0.25, -0.2) is 8.78 Å². The average Bonchev–Trinajstić information content (AvgIpc) is 2.28. The van der Waals surface area contributed by atoms with Crippen molar-refractivity contribution in [1.29, 1.82) is 0 Å². The Balaban J connectivity index is 2.90. The molecule has 1 aromatic carbocycles. The lowest BCUT2D eigenvalue weighted by Crippen LogP contribution is -2.08. The van der Waals surface area contributed by atoms with E-state index in [9.17, 15) is 8.78 Å². The molecule has 0 saturated heterocycles. The van der Waals surface area contributed by atoms with E-state index in [-0.39, 0.29) is 5.56 Å². The summed E-state index contributed by atoms with van der Waals surface area (Å²) >= 11 is 0. The molecule has 0 aromatic heterocycles. The third-order valence-electron chi connectivity index (χ3n) is 2.69. The Morgan fingerprint density at radius 1 is 1.29 bits per heavy atom. The molecule has 0 atom stereocenters. The molecule has 4 heteroatoms. The van der Waals surface area contributed by atoms with Gasteiger partial charge in [0.05, 0.1) is 7.11 Å². The SMILES string of the molecule is COc1ccc(C(C)(F)F)cc1CCCCN. The lowest BCUT2D eigenvalue weighted by Gasteiger charge is -2.14. The summed E-state index contributed by atoms with van der Waals surface area (Å²) in [6.45, 7) is 1.52. The van der Waals surface area contributed by atoms with Gasteiger partial charge >= 0.3 is 0 Å². The summed E-state index contributed by atoms with van der Waals surface area (Å²) < 4.78 is 31.6. The molecule has 1 aromatic rings. The zero-order valence-electron chi connectivity index (χ0n) is 10.3. The van der Waals surface area contributed by atoms with E-state index in [1.54, 1.807) is 13.2 Å². The first-order valence-corrected chi connectivity index (χ1v) is 5.74. The summed E-state index contributed by atoms with van der Waals surface area (Å²) in [6.07, 6.45) is 2.48. The monoisotopic (exact) mass is 243 g/mol. The Kier molecular flexibility index (Phi) is 4.87. The number of benzene rings is 1. The van der Waals surface area contributed by atoms with Gasteiger partial charge in [0.2, 0.25) is 0 Å². The maximum Gasteiger partial charge on any atom is 0.270 e. The predicted molar refractivity (Wildman–Crippen MR) is 64.6 cm³/mol. The van der Waals surface area contributed by atoms with Crippen molar-refractivity contribution in [2.45, 2.75) is 32.1 Å². The van der Waals surface area contributed by atoms with Gasteiger partial charge in [0.1, 0.15) is 5.75 Å². The van der Waals surface area contributed by atoms with E-state index in [1.165, 1.54) is 12.1 Å². The second kappa shape index (κ2) is 5.96. The van der Waals surface area contributed by atoms with E-state index >= 15 is 0 Å². The maximum absolute atomic E-state index is 13.2.